The summed E-state index contributed by atoms with van der Waals surface area (Å²) in [6, 6.07) is 7.33. The van der Waals surface area contributed by atoms with E-state index < -0.39 is 0 Å². The topological polar surface area (TPSA) is 12.0 Å². The van der Waals surface area contributed by atoms with Crippen molar-refractivity contribution in [1.29, 1.82) is 0 Å². The van der Waals surface area contributed by atoms with Gasteiger partial charge in [0.1, 0.15) is 5.82 Å². The Morgan fingerprint density at radius 1 is 1.35 bits per heavy atom. The van der Waals surface area contributed by atoms with Crippen LogP contribution in [-0.2, 0) is 6.54 Å². The summed E-state index contributed by atoms with van der Waals surface area (Å²) >= 11 is 2.03. The summed E-state index contributed by atoms with van der Waals surface area (Å²) in [6.07, 6.45) is 1.22. The summed E-state index contributed by atoms with van der Waals surface area (Å²) in [5.41, 5.74) is 1.59. The molecule has 94 valence electrons. The molecule has 0 saturated carbocycles. The first-order valence-corrected chi connectivity index (χ1v) is 7.26. The van der Waals surface area contributed by atoms with Gasteiger partial charge in [0.2, 0.25) is 0 Å². The van der Waals surface area contributed by atoms with Crippen molar-refractivity contribution in [2.24, 2.45) is 5.41 Å². The number of thioether (sulfide) groups is 1. The summed E-state index contributed by atoms with van der Waals surface area (Å²) < 4.78 is 12.8. The molecule has 1 aromatic carbocycles. The van der Waals surface area contributed by atoms with E-state index in [9.17, 15) is 4.39 Å². The van der Waals surface area contributed by atoms with Crippen molar-refractivity contribution in [3.05, 3.63) is 35.6 Å². The van der Waals surface area contributed by atoms with Crippen LogP contribution in [0.25, 0.3) is 0 Å². The molecule has 1 N–H and O–H groups in total. The molecule has 1 aliphatic rings. The molecule has 0 bridgehead atoms. The Kier molecular flexibility index (Phi) is 4.10. The number of halogens is 1. The van der Waals surface area contributed by atoms with Gasteiger partial charge >= 0.3 is 0 Å². The number of hydrogen-bond donors (Lipinski definition) is 1. The molecule has 1 atom stereocenters. The monoisotopic (exact) mass is 253 g/mol. The molecule has 1 aliphatic heterocycles. The van der Waals surface area contributed by atoms with Crippen LogP contribution in [0, 0.1) is 11.2 Å². The highest BCUT2D eigenvalue weighted by Crippen LogP contribution is 2.33. The van der Waals surface area contributed by atoms with Crippen LogP contribution in [0.5, 0.6) is 0 Å². The van der Waals surface area contributed by atoms with Crippen molar-refractivity contribution in [2.75, 3.05) is 11.5 Å². The highest BCUT2D eigenvalue weighted by Gasteiger charge is 2.27. The molecule has 1 heterocycles. The lowest BCUT2D eigenvalue weighted by Crippen LogP contribution is -2.39. The lowest BCUT2D eigenvalue weighted by Gasteiger charge is -2.35. The van der Waals surface area contributed by atoms with E-state index in [4.69, 9.17) is 0 Å². The van der Waals surface area contributed by atoms with Crippen molar-refractivity contribution in [3.63, 3.8) is 0 Å². The van der Waals surface area contributed by atoms with Gasteiger partial charge in [-0.3, -0.25) is 0 Å². The van der Waals surface area contributed by atoms with Gasteiger partial charge in [-0.25, -0.2) is 4.39 Å². The van der Waals surface area contributed by atoms with Crippen LogP contribution in [0.3, 0.4) is 0 Å². The molecule has 0 aliphatic carbocycles. The van der Waals surface area contributed by atoms with Crippen LogP contribution in [0.4, 0.5) is 4.39 Å². The maximum absolute atomic E-state index is 12.8. The zero-order valence-corrected chi connectivity index (χ0v) is 11.3. The van der Waals surface area contributed by atoms with E-state index in [2.05, 4.69) is 19.2 Å². The molecule has 17 heavy (non-hydrogen) atoms. The van der Waals surface area contributed by atoms with Gasteiger partial charge in [-0.2, -0.15) is 11.8 Å². The van der Waals surface area contributed by atoms with E-state index in [-0.39, 0.29) is 5.82 Å². The summed E-state index contributed by atoms with van der Waals surface area (Å²) in [5.74, 6) is 2.27. The van der Waals surface area contributed by atoms with E-state index in [1.807, 2.05) is 23.9 Å². The van der Waals surface area contributed by atoms with Crippen LogP contribution in [0.1, 0.15) is 25.8 Å². The van der Waals surface area contributed by atoms with Crippen molar-refractivity contribution in [3.8, 4) is 0 Å². The predicted octanol–water partition coefficient (Wildman–Crippen LogP) is 3.45. The van der Waals surface area contributed by atoms with E-state index in [1.54, 1.807) is 0 Å². The maximum Gasteiger partial charge on any atom is 0.123 e. The molecule has 1 fully saturated rings. The third-order valence-electron chi connectivity index (χ3n) is 3.12. The van der Waals surface area contributed by atoms with Gasteiger partial charge in [-0.05, 0) is 35.3 Å². The van der Waals surface area contributed by atoms with Gasteiger partial charge in [0, 0.05) is 18.3 Å². The van der Waals surface area contributed by atoms with E-state index in [0.717, 1.165) is 12.1 Å². The first-order valence-electron chi connectivity index (χ1n) is 6.11. The third kappa shape index (κ3) is 4.00. The number of hydrogen-bond acceptors (Lipinski definition) is 2. The number of rotatable bonds is 3. The van der Waals surface area contributed by atoms with Crippen LogP contribution < -0.4 is 5.32 Å². The smallest absolute Gasteiger partial charge is 0.123 e. The first-order chi connectivity index (χ1) is 8.05. The Labute approximate surface area is 107 Å². The quantitative estimate of drug-likeness (QED) is 0.885. The van der Waals surface area contributed by atoms with Gasteiger partial charge in [-0.15, -0.1) is 0 Å². The first kappa shape index (κ1) is 12.9. The Balaban J connectivity index is 1.84. The largest absolute Gasteiger partial charge is 0.309 e. The molecule has 1 aromatic rings. The molecule has 0 aromatic heterocycles. The van der Waals surface area contributed by atoms with Crippen LogP contribution >= 0.6 is 11.8 Å². The molecule has 1 unspecified atom stereocenters. The van der Waals surface area contributed by atoms with Gasteiger partial charge in [0.25, 0.3) is 0 Å². The third-order valence-corrected chi connectivity index (χ3v) is 4.74. The Bertz CT molecular complexity index is 361. The average molecular weight is 253 g/mol. The molecule has 3 heteroatoms. The molecular formula is C14H20FNS. The molecular weight excluding hydrogens is 233 g/mol. The Morgan fingerprint density at radius 2 is 2.06 bits per heavy atom. The lowest BCUT2D eigenvalue weighted by molar-refractivity contribution is 0.317. The van der Waals surface area contributed by atoms with Gasteiger partial charge in [0.15, 0.2) is 0 Å². The van der Waals surface area contributed by atoms with Crippen molar-refractivity contribution >= 4 is 11.8 Å². The highest BCUT2D eigenvalue weighted by atomic mass is 32.2. The standard InChI is InChI=1S/C14H20FNS/c1-14(2)7-13(9-17-10-14)16-8-11-3-5-12(15)6-4-11/h3-6,13,16H,7-10H2,1-2H3. The Hall–Kier alpha value is -0.540. The Morgan fingerprint density at radius 3 is 2.71 bits per heavy atom. The van der Waals surface area contributed by atoms with E-state index in [0.29, 0.717) is 11.5 Å². The molecule has 0 amide bonds. The lowest BCUT2D eigenvalue weighted by atomic mass is 9.88. The molecule has 1 nitrogen and oxygen atoms in total. The van der Waals surface area contributed by atoms with Crippen LogP contribution in [-0.4, -0.2) is 17.5 Å². The van der Waals surface area contributed by atoms with Crippen LogP contribution in [0.2, 0.25) is 0 Å². The van der Waals surface area contributed by atoms with E-state index >= 15 is 0 Å². The fraction of sp³-hybridized carbons (Fsp3) is 0.571. The molecule has 2 rings (SSSR count). The zero-order valence-electron chi connectivity index (χ0n) is 10.5. The average Bonchev–Trinajstić information content (AvgIpc) is 2.27. The van der Waals surface area contributed by atoms with Crippen LogP contribution in [0.15, 0.2) is 24.3 Å². The minimum atomic E-state index is -0.164. The minimum absolute atomic E-state index is 0.164. The normalized spacial score (nSPS) is 23.6. The van der Waals surface area contributed by atoms with Gasteiger partial charge < -0.3 is 5.32 Å². The van der Waals surface area contributed by atoms with Gasteiger partial charge in [-0.1, -0.05) is 26.0 Å². The molecule has 1 saturated heterocycles. The second-order valence-corrected chi connectivity index (χ2v) is 6.62. The summed E-state index contributed by atoms with van der Waals surface area (Å²) in [7, 11) is 0. The predicted molar refractivity (Wildman–Crippen MR) is 72.8 cm³/mol. The maximum atomic E-state index is 12.8. The molecule has 0 spiro atoms. The fourth-order valence-corrected chi connectivity index (χ4v) is 3.57. The summed E-state index contributed by atoms with van der Waals surface area (Å²) in [5, 5.41) is 3.57. The highest BCUT2D eigenvalue weighted by molar-refractivity contribution is 7.99. The minimum Gasteiger partial charge on any atom is -0.309 e. The second-order valence-electron chi connectivity index (χ2n) is 5.59. The SMILES string of the molecule is CC1(C)CSCC(NCc2ccc(F)cc2)C1. The van der Waals surface area contributed by atoms with Crippen molar-refractivity contribution < 1.29 is 4.39 Å². The fourth-order valence-electron chi connectivity index (χ4n) is 2.26. The van der Waals surface area contributed by atoms with E-state index in [1.165, 1.54) is 30.1 Å². The molecule has 0 radical (unpaired) electrons. The van der Waals surface area contributed by atoms with Gasteiger partial charge in [0.05, 0.1) is 0 Å². The van der Waals surface area contributed by atoms with Crippen molar-refractivity contribution in [2.45, 2.75) is 32.9 Å². The number of nitrogens with one attached hydrogen (secondary N) is 1. The summed E-state index contributed by atoms with van der Waals surface area (Å²) in [4.78, 5) is 0. The number of benzene rings is 1. The second kappa shape index (κ2) is 5.40. The zero-order chi connectivity index (χ0) is 12.3. The van der Waals surface area contributed by atoms with Crippen molar-refractivity contribution in [1.82, 2.24) is 5.32 Å². The summed E-state index contributed by atoms with van der Waals surface area (Å²) in [6.45, 7) is 5.49.